The van der Waals surface area contributed by atoms with E-state index in [9.17, 15) is 5.11 Å². The van der Waals surface area contributed by atoms with Crippen molar-refractivity contribution in [3.8, 4) is 5.75 Å². The van der Waals surface area contributed by atoms with E-state index in [2.05, 4.69) is 34.2 Å². The molecule has 0 aliphatic heterocycles. The molecular weight excluding hydrogens is 318 g/mol. The van der Waals surface area contributed by atoms with Crippen molar-refractivity contribution in [3.05, 3.63) is 28.2 Å². The predicted molar refractivity (Wildman–Crippen MR) is 85.0 cm³/mol. The summed E-state index contributed by atoms with van der Waals surface area (Å²) in [6, 6.07) is 6.05. The van der Waals surface area contributed by atoms with Crippen molar-refractivity contribution in [2.75, 3.05) is 6.54 Å². The Hall–Kier alpha value is -0.580. The fourth-order valence-electron chi connectivity index (χ4n) is 2.59. The Kier molecular flexibility index (Phi) is 6.33. The van der Waals surface area contributed by atoms with Gasteiger partial charge in [0.1, 0.15) is 11.9 Å². The third kappa shape index (κ3) is 4.47. The zero-order chi connectivity index (χ0) is 14.4. The van der Waals surface area contributed by atoms with Crippen molar-refractivity contribution in [1.82, 2.24) is 5.32 Å². The Balaban J connectivity index is 2.04. The fraction of sp³-hybridized carbons (Fsp3) is 0.625. The lowest BCUT2D eigenvalue weighted by Gasteiger charge is -2.22. The van der Waals surface area contributed by atoms with E-state index in [1.165, 1.54) is 12.0 Å². The Morgan fingerprint density at radius 3 is 2.90 bits per heavy atom. The van der Waals surface area contributed by atoms with Gasteiger partial charge in [-0.3, -0.25) is 0 Å². The quantitative estimate of drug-likeness (QED) is 0.803. The molecule has 0 saturated heterocycles. The molecule has 112 valence electrons. The van der Waals surface area contributed by atoms with Crippen molar-refractivity contribution >= 4 is 15.9 Å². The Morgan fingerprint density at radius 2 is 2.10 bits per heavy atom. The van der Waals surface area contributed by atoms with Gasteiger partial charge in [-0.05, 0) is 49.6 Å². The van der Waals surface area contributed by atoms with Crippen molar-refractivity contribution in [2.45, 2.75) is 57.8 Å². The van der Waals surface area contributed by atoms with Crippen LogP contribution in [0.2, 0.25) is 0 Å². The molecular formula is C16H24BrNO2. The summed E-state index contributed by atoms with van der Waals surface area (Å²) in [5.41, 5.74) is 1.19. The largest absolute Gasteiger partial charge is 0.488 e. The van der Waals surface area contributed by atoms with Gasteiger partial charge in [0.2, 0.25) is 0 Å². The van der Waals surface area contributed by atoms with Crippen LogP contribution in [0.25, 0.3) is 0 Å². The van der Waals surface area contributed by atoms with Crippen LogP contribution in [0, 0.1) is 0 Å². The first kappa shape index (κ1) is 15.8. The molecule has 1 aromatic rings. The zero-order valence-electron chi connectivity index (χ0n) is 12.1. The number of rotatable bonds is 5. The molecule has 0 spiro atoms. The van der Waals surface area contributed by atoms with Gasteiger partial charge in [0.25, 0.3) is 0 Å². The normalized spacial score (nSPS) is 23.4. The standard InChI is InChI=1S/C16H24BrNO2/c1-2-18-11-12-10-13(8-9-14(12)17)20-16-7-5-3-4-6-15(16)19/h8-10,15-16,18-19H,2-7,11H2,1H3. The third-order valence-electron chi connectivity index (χ3n) is 3.79. The van der Waals surface area contributed by atoms with E-state index < -0.39 is 0 Å². The van der Waals surface area contributed by atoms with E-state index in [1.807, 2.05) is 12.1 Å². The summed E-state index contributed by atoms with van der Waals surface area (Å²) in [4.78, 5) is 0. The zero-order valence-corrected chi connectivity index (χ0v) is 13.7. The molecule has 0 aromatic heterocycles. The van der Waals surface area contributed by atoms with Crippen molar-refractivity contribution in [3.63, 3.8) is 0 Å². The van der Waals surface area contributed by atoms with Crippen molar-refractivity contribution in [2.24, 2.45) is 0 Å². The molecule has 1 aliphatic carbocycles. The van der Waals surface area contributed by atoms with Crippen molar-refractivity contribution < 1.29 is 9.84 Å². The van der Waals surface area contributed by atoms with Crippen LogP contribution >= 0.6 is 15.9 Å². The highest BCUT2D eigenvalue weighted by atomic mass is 79.9. The SMILES string of the molecule is CCNCc1cc(OC2CCCCCC2O)ccc1Br. The topological polar surface area (TPSA) is 41.5 Å². The summed E-state index contributed by atoms with van der Waals surface area (Å²) in [7, 11) is 0. The highest BCUT2D eigenvalue weighted by Crippen LogP contribution is 2.27. The summed E-state index contributed by atoms with van der Waals surface area (Å²) >= 11 is 3.57. The Bertz CT molecular complexity index is 425. The maximum Gasteiger partial charge on any atom is 0.124 e. The Labute approximate surface area is 129 Å². The highest BCUT2D eigenvalue weighted by Gasteiger charge is 2.23. The molecule has 0 amide bonds. The molecule has 20 heavy (non-hydrogen) atoms. The highest BCUT2D eigenvalue weighted by molar-refractivity contribution is 9.10. The minimum absolute atomic E-state index is 0.0642. The van der Waals surface area contributed by atoms with Crippen LogP contribution in [-0.2, 0) is 6.54 Å². The molecule has 0 radical (unpaired) electrons. The van der Waals surface area contributed by atoms with Gasteiger partial charge in [0, 0.05) is 11.0 Å². The lowest BCUT2D eigenvalue weighted by molar-refractivity contribution is 0.0319. The van der Waals surface area contributed by atoms with Gasteiger partial charge >= 0.3 is 0 Å². The maximum absolute atomic E-state index is 10.1. The molecule has 0 heterocycles. The second-order valence-electron chi connectivity index (χ2n) is 5.40. The van der Waals surface area contributed by atoms with Gasteiger partial charge < -0.3 is 15.2 Å². The second-order valence-corrected chi connectivity index (χ2v) is 6.25. The molecule has 1 saturated carbocycles. The Morgan fingerprint density at radius 1 is 1.30 bits per heavy atom. The van der Waals surface area contributed by atoms with E-state index in [1.54, 1.807) is 0 Å². The van der Waals surface area contributed by atoms with Gasteiger partial charge in [-0.15, -0.1) is 0 Å². The molecule has 1 fully saturated rings. The summed E-state index contributed by atoms with van der Waals surface area (Å²) in [5.74, 6) is 0.854. The number of halogens is 1. The van der Waals surface area contributed by atoms with Crippen LogP contribution in [0.3, 0.4) is 0 Å². The van der Waals surface area contributed by atoms with E-state index in [0.717, 1.165) is 49.0 Å². The van der Waals surface area contributed by atoms with E-state index in [-0.39, 0.29) is 12.2 Å². The monoisotopic (exact) mass is 341 g/mol. The second kappa shape index (κ2) is 8.01. The van der Waals surface area contributed by atoms with E-state index in [4.69, 9.17) is 4.74 Å². The lowest BCUT2D eigenvalue weighted by atomic mass is 10.1. The molecule has 2 atom stereocenters. The number of nitrogens with one attached hydrogen (secondary N) is 1. The third-order valence-corrected chi connectivity index (χ3v) is 4.56. The molecule has 2 N–H and O–H groups in total. The molecule has 1 aromatic carbocycles. The lowest BCUT2D eigenvalue weighted by Crippen LogP contribution is -2.30. The fourth-order valence-corrected chi connectivity index (χ4v) is 2.97. The minimum atomic E-state index is -0.335. The molecule has 4 heteroatoms. The van der Waals surface area contributed by atoms with E-state index >= 15 is 0 Å². The molecule has 3 nitrogen and oxygen atoms in total. The summed E-state index contributed by atoms with van der Waals surface area (Å²) in [6.45, 7) is 3.86. The summed E-state index contributed by atoms with van der Waals surface area (Å²) < 4.78 is 7.11. The van der Waals surface area contributed by atoms with Crippen LogP contribution in [0.4, 0.5) is 0 Å². The number of aliphatic hydroxyl groups is 1. The van der Waals surface area contributed by atoms with Gasteiger partial charge in [0.05, 0.1) is 6.10 Å². The van der Waals surface area contributed by atoms with Crippen LogP contribution in [0.1, 0.15) is 44.6 Å². The van der Waals surface area contributed by atoms with Gasteiger partial charge in [0.15, 0.2) is 0 Å². The number of ether oxygens (including phenoxy) is 1. The first-order chi connectivity index (χ1) is 9.70. The first-order valence-corrected chi connectivity index (χ1v) is 8.34. The van der Waals surface area contributed by atoms with Gasteiger partial charge in [-0.25, -0.2) is 0 Å². The molecule has 0 bridgehead atoms. The number of benzene rings is 1. The number of hydrogen-bond acceptors (Lipinski definition) is 3. The van der Waals surface area contributed by atoms with Gasteiger partial charge in [-0.2, -0.15) is 0 Å². The predicted octanol–water partition coefficient (Wildman–Crippen LogP) is 3.63. The van der Waals surface area contributed by atoms with Crippen LogP contribution in [0.5, 0.6) is 5.75 Å². The summed E-state index contributed by atoms with van der Waals surface area (Å²) in [6.07, 6.45) is 4.84. The number of aliphatic hydroxyl groups excluding tert-OH is 1. The molecule has 2 unspecified atom stereocenters. The maximum atomic E-state index is 10.1. The average molecular weight is 342 g/mol. The van der Waals surface area contributed by atoms with Gasteiger partial charge in [-0.1, -0.05) is 35.7 Å². The summed E-state index contributed by atoms with van der Waals surface area (Å²) in [5, 5.41) is 13.4. The minimum Gasteiger partial charge on any atom is -0.488 e. The smallest absolute Gasteiger partial charge is 0.124 e. The first-order valence-electron chi connectivity index (χ1n) is 7.54. The van der Waals surface area contributed by atoms with Crippen LogP contribution < -0.4 is 10.1 Å². The average Bonchev–Trinajstić information content (AvgIpc) is 2.65. The molecule has 2 rings (SSSR count). The van der Waals surface area contributed by atoms with Crippen molar-refractivity contribution in [1.29, 1.82) is 0 Å². The van der Waals surface area contributed by atoms with E-state index in [0.29, 0.717) is 0 Å². The van der Waals surface area contributed by atoms with Crippen LogP contribution in [-0.4, -0.2) is 23.9 Å². The number of hydrogen-bond donors (Lipinski definition) is 2. The van der Waals surface area contributed by atoms with Crippen LogP contribution in [0.15, 0.2) is 22.7 Å². The molecule has 1 aliphatic rings.